The zero-order chi connectivity index (χ0) is 15.4. The molecule has 0 aromatic carbocycles. The summed E-state index contributed by atoms with van der Waals surface area (Å²) < 4.78 is 0. The average Bonchev–Trinajstić information content (AvgIpc) is 3.17. The Morgan fingerprint density at radius 3 is 2.83 bits per heavy atom. The number of nitrogens with zero attached hydrogens (tertiary/aromatic N) is 3. The quantitative estimate of drug-likeness (QED) is 0.412. The van der Waals surface area contributed by atoms with Crippen LogP contribution in [0.25, 0.3) is 10.6 Å². The number of hydrogen-bond donors (Lipinski definition) is 1. The van der Waals surface area contributed by atoms with E-state index in [0.29, 0.717) is 5.96 Å². The molecule has 8 heteroatoms. The van der Waals surface area contributed by atoms with Crippen molar-refractivity contribution in [2.75, 3.05) is 31.1 Å². The van der Waals surface area contributed by atoms with E-state index in [9.17, 15) is 0 Å². The topological polar surface area (TPSA) is 54.5 Å². The lowest BCUT2D eigenvalue weighted by Gasteiger charge is -2.27. The first-order valence-corrected chi connectivity index (χ1v) is 10.2. The number of aliphatic imine (C=N–C) groups is 1. The van der Waals surface area contributed by atoms with Gasteiger partial charge < -0.3 is 10.6 Å². The van der Waals surface area contributed by atoms with Crippen LogP contribution in [-0.2, 0) is 6.42 Å². The number of aryl methyl sites for hydroxylation is 1. The maximum absolute atomic E-state index is 6.07. The molecular formula is C15H21IN4S3. The maximum Gasteiger partial charge on any atom is 0.191 e. The molecule has 1 aliphatic heterocycles. The van der Waals surface area contributed by atoms with Gasteiger partial charge in [0, 0.05) is 47.8 Å². The van der Waals surface area contributed by atoms with E-state index >= 15 is 0 Å². The smallest absolute Gasteiger partial charge is 0.191 e. The van der Waals surface area contributed by atoms with E-state index in [2.05, 4.69) is 32.4 Å². The van der Waals surface area contributed by atoms with Gasteiger partial charge in [-0.05, 0) is 19.1 Å². The van der Waals surface area contributed by atoms with Gasteiger partial charge in [0.2, 0.25) is 0 Å². The van der Waals surface area contributed by atoms with Gasteiger partial charge in [0.05, 0.1) is 15.6 Å². The summed E-state index contributed by atoms with van der Waals surface area (Å²) in [6.07, 6.45) is 0.942. The monoisotopic (exact) mass is 480 g/mol. The van der Waals surface area contributed by atoms with Gasteiger partial charge in [-0.25, -0.2) is 4.98 Å². The molecule has 2 aromatic rings. The molecule has 23 heavy (non-hydrogen) atoms. The summed E-state index contributed by atoms with van der Waals surface area (Å²) in [6, 6.07) is 4.33. The maximum atomic E-state index is 6.07. The Labute approximate surface area is 166 Å². The Bertz CT molecular complexity index is 647. The van der Waals surface area contributed by atoms with Crippen LogP contribution in [0.4, 0.5) is 0 Å². The summed E-state index contributed by atoms with van der Waals surface area (Å²) in [4.78, 5) is 13.8. The predicted molar refractivity (Wildman–Crippen MR) is 115 cm³/mol. The zero-order valence-electron chi connectivity index (χ0n) is 13.0. The van der Waals surface area contributed by atoms with E-state index < -0.39 is 0 Å². The Hall–Kier alpha value is -0.320. The Morgan fingerprint density at radius 1 is 1.35 bits per heavy atom. The molecule has 0 saturated carbocycles. The number of aromatic nitrogens is 1. The highest BCUT2D eigenvalue weighted by Gasteiger charge is 2.12. The minimum atomic E-state index is 0. The van der Waals surface area contributed by atoms with Gasteiger partial charge in [0.25, 0.3) is 0 Å². The molecule has 0 atom stereocenters. The molecule has 3 heterocycles. The molecule has 0 aliphatic carbocycles. The summed E-state index contributed by atoms with van der Waals surface area (Å²) in [5.74, 6) is 3.00. The van der Waals surface area contributed by atoms with Crippen LogP contribution in [0.3, 0.4) is 0 Å². The second-order valence-corrected chi connectivity index (χ2v) is 8.56. The molecule has 126 valence electrons. The third-order valence-corrected chi connectivity index (χ3v) is 6.38. The molecule has 0 amide bonds. The van der Waals surface area contributed by atoms with Crippen molar-refractivity contribution in [2.45, 2.75) is 13.3 Å². The van der Waals surface area contributed by atoms with Crippen molar-refractivity contribution in [1.82, 2.24) is 9.88 Å². The first-order valence-electron chi connectivity index (χ1n) is 7.36. The molecule has 0 spiro atoms. The molecule has 1 fully saturated rings. The zero-order valence-corrected chi connectivity index (χ0v) is 17.8. The molecule has 3 rings (SSSR count). The molecular weight excluding hydrogens is 459 g/mol. The number of thiazole rings is 1. The summed E-state index contributed by atoms with van der Waals surface area (Å²) >= 11 is 5.48. The van der Waals surface area contributed by atoms with E-state index in [1.807, 2.05) is 18.7 Å². The number of nitrogens with two attached hydrogens (primary N) is 1. The fourth-order valence-electron chi connectivity index (χ4n) is 2.30. The third kappa shape index (κ3) is 5.33. The lowest BCUT2D eigenvalue weighted by atomic mass is 10.3. The minimum absolute atomic E-state index is 0. The lowest BCUT2D eigenvalue weighted by molar-refractivity contribution is 0.456. The SMILES string of the molecule is Cc1nc(-c2ccc(CCN=C(N)N3CCSCC3)s2)cs1.I. The summed E-state index contributed by atoms with van der Waals surface area (Å²) in [7, 11) is 0. The van der Waals surface area contributed by atoms with Crippen LogP contribution >= 0.6 is 58.4 Å². The van der Waals surface area contributed by atoms with E-state index in [1.165, 1.54) is 9.75 Å². The third-order valence-electron chi connectivity index (χ3n) is 3.50. The average molecular weight is 480 g/mol. The number of halogens is 1. The first-order chi connectivity index (χ1) is 10.7. The van der Waals surface area contributed by atoms with E-state index in [4.69, 9.17) is 5.73 Å². The normalized spacial score (nSPS) is 15.5. The van der Waals surface area contributed by atoms with Crippen LogP contribution in [0.15, 0.2) is 22.5 Å². The van der Waals surface area contributed by atoms with Crippen molar-refractivity contribution in [3.8, 4) is 10.6 Å². The molecule has 0 bridgehead atoms. The Kier molecular flexibility index (Phi) is 7.64. The second kappa shape index (κ2) is 9.24. The van der Waals surface area contributed by atoms with Crippen molar-refractivity contribution in [2.24, 2.45) is 10.7 Å². The van der Waals surface area contributed by atoms with Gasteiger partial charge in [-0.2, -0.15) is 11.8 Å². The van der Waals surface area contributed by atoms with Gasteiger partial charge in [0.15, 0.2) is 5.96 Å². The predicted octanol–water partition coefficient (Wildman–Crippen LogP) is 3.70. The number of thioether (sulfide) groups is 1. The molecule has 1 aliphatic rings. The molecule has 0 radical (unpaired) electrons. The first kappa shape index (κ1) is 19.0. The molecule has 2 N–H and O–H groups in total. The van der Waals surface area contributed by atoms with Crippen LogP contribution in [0, 0.1) is 6.92 Å². The molecule has 1 saturated heterocycles. The van der Waals surface area contributed by atoms with Crippen molar-refractivity contribution in [3.63, 3.8) is 0 Å². The van der Waals surface area contributed by atoms with Gasteiger partial charge in [0.1, 0.15) is 0 Å². The number of hydrogen-bond acceptors (Lipinski definition) is 5. The van der Waals surface area contributed by atoms with Crippen molar-refractivity contribution in [1.29, 1.82) is 0 Å². The summed E-state index contributed by atoms with van der Waals surface area (Å²) in [6.45, 7) is 4.84. The minimum Gasteiger partial charge on any atom is -0.370 e. The van der Waals surface area contributed by atoms with Crippen molar-refractivity contribution < 1.29 is 0 Å². The van der Waals surface area contributed by atoms with Crippen LogP contribution in [-0.4, -0.2) is 47.0 Å². The van der Waals surface area contributed by atoms with E-state index in [-0.39, 0.29) is 24.0 Å². The van der Waals surface area contributed by atoms with E-state index in [1.54, 1.807) is 22.7 Å². The Balaban J connectivity index is 0.00000192. The highest BCUT2D eigenvalue weighted by Crippen LogP contribution is 2.29. The fourth-order valence-corrected chi connectivity index (χ4v) is 4.85. The lowest BCUT2D eigenvalue weighted by Crippen LogP contribution is -2.42. The fraction of sp³-hybridized carbons (Fsp3) is 0.467. The van der Waals surface area contributed by atoms with Crippen molar-refractivity contribution in [3.05, 3.63) is 27.4 Å². The standard InChI is InChI=1S/C15H20N4S3.HI/c1-11-18-13(10-21-11)14-3-2-12(22-14)4-5-17-15(16)19-6-8-20-9-7-19;/h2-3,10H,4-9H2,1H3,(H2,16,17);1H. The van der Waals surface area contributed by atoms with Crippen LogP contribution < -0.4 is 5.73 Å². The molecule has 4 nitrogen and oxygen atoms in total. The van der Waals surface area contributed by atoms with E-state index in [0.717, 1.165) is 48.3 Å². The summed E-state index contributed by atoms with van der Waals surface area (Å²) in [5.41, 5.74) is 7.16. The summed E-state index contributed by atoms with van der Waals surface area (Å²) in [5, 5.41) is 3.23. The van der Waals surface area contributed by atoms with Gasteiger partial charge in [-0.1, -0.05) is 0 Å². The number of rotatable bonds is 4. The number of guanidine groups is 1. The van der Waals surface area contributed by atoms with Crippen LogP contribution in [0.2, 0.25) is 0 Å². The largest absolute Gasteiger partial charge is 0.370 e. The van der Waals surface area contributed by atoms with Gasteiger partial charge >= 0.3 is 0 Å². The molecule has 0 unspecified atom stereocenters. The number of thiophene rings is 1. The molecule has 2 aromatic heterocycles. The van der Waals surface area contributed by atoms with Crippen LogP contribution in [0.1, 0.15) is 9.88 Å². The Morgan fingerprint density at radius 2 is 2.13 bits per heavy atom. The second-order valence-electron chi connectivity index (χ2n) is 5.11. The highest BCUT2D eigenvalue weighted by atomic mass is 127. The highest BCUT2D eigenvalue weighted by molar-refractivity contribution is 14.0. The van der Waals surface area contributed by atoms with Crippen LogP contribution in [0.5, 0.6) is 0 Å². The van der Waals surface area contributed by atoms with Gasteiger partial charge in [-0.15, -0.1) is 46.7 Å². The van der Waals surface area contributed by atoms with Gasteiger partial charge in [-0.3, -0.25) is 4.99 Å². The van der Waals surface area contributed by atoms with Crippen molar-refractivity contribution >= 4 is 64.4 Å².